The van der Waals surface area contributed by atoms with Crippen LogP contribution in [-0.4, -0.2) is 11.1 Å². The molecule has 2 fully saturated rings. The fourth-order valence-electron chi connectivity index (χ4n) is 5.57. The minimum absolute atomic E-state index is 0.0219. The van der Waals surface area contributed by atoms with Gasteiger partial charge >= 0.3 is 0 Å². The second-order valence-corrected chi connectivity index (χ2v) is 9.90. The highest BCUT2D eigenvalue weighted by Gasteiger charge is 2.39. The Balaban J connectivity index is 1.76. The van der Waals surface area contributed by atoms with Crippen LogP contribution in [-0.2, 0) is 0 Å². The van der Waals surface area contributed by atoms with E-state index in [0.29, 0.717) is 11.8 Å². The van der Waals surface area contributed by atoms with Crippen LogP contribution in [0.5, 0.6) is 0 Å². The number of hydrogen-bond acceptors (Lipinski definition) is 1. The van der Waals surface area contributed by atoms with E-state index in [9.17, 15) is 0 Å². The number of hydrogen-bond donors (Lipinski definition) is 1. The Kier molecular flexibility index (Phi) is 5.31. The van der Waals surface area contributed by atoms with Crippen molar-refractivity contribution >= 4 is 0 Å². The number of nitrogens with one attached hydrogen (secondary N) is 1. The van der Waals surface area contributed by atoms with Gasteiger partial charge in [0, 0.05) is 11.1 Å². The van der Waals surface area contributed by atoms with Crippen molar-refractivity contribution in [2.75, 3.05) is 0 Å². The topological polar surface area (TPSA) is 12.0 Å². The number of halogens is 1. The molecule has 1 aliphatic carbocycles. The van der Waals surface area contributed by atoms with Gasteiger partial charge < -0.3 is 5.32 Å². The zero-order valence-electron chi connectivity index (χ0n) is 16.8. The monoisotopic (exact) mass is 345 g/mol. The molecule has 0 amide bonds. The number of benzene rings is 1. The van der Waals surface area contributed by atoms with Crippen molar-refractivity contribution in [3.8, 4) is 0 Å². The van der Waals surface area contributed by atoms with Crippen molar-refractivity contribution in [1.82, 2.24) is 5.32 Å². The smallest absolute Gasteiger partial charge is 0.126 e. The van der Waals surface area contributed by atoms with Crippen molar-refractivity contribution in [2.24, 2.45) is 5.92 Å². The third-order valence-corrected chi connectivity index (χ3v) is 6.55. The van der Waals surface area contributed by atoms with Crippen LogP contribution in [0.3, 0.4) is 0 Å². The zero-order chi connectivity index (χ0) is 18.2. The molecule has 1 aliphatic heterocycles. The lowest BCUT2D eigenvalue weighted by Gasteiger charge is -2.46. The van der Waals surface area contributed by atoms with Gasteiger partial charge in [0.15, 0.2) is 0 Å². The fraction of sp³-hybridized carbons (Fsp3) is 0.739. The van der Waals surface area contributed by atoms with Crippen molar-refractivity contribution < 1.29 is 4.39 Å². The van der Waals surface area contributed by atoms with Gasteiger partial charge in [-0.1, -0.05) is 25.5 Å². The molecule has 1 aromatic rings. The van der Waals surface area contributed by atoms with Gasteiger partial charge in [-0.25, -0.2) is 4.39 Å². The molecule has 3 rings (SSSR count). The van der Waals surface area contributed by atoms with Gasteiger partial charge in [0.2, 0.25) is 0 Å². The summed E-state index contributed by atoms with van der Waals surface area (Å²) in [7, 11) is 0. The molecule has 0 bridgehead atoms. The third kappa shape index (κ3) is 4.45. The average molecular weight is 346 g/mol. The molecule has 0 spiro atoms. The Morgan fingerprint density at radius 3 is 2.08 bits per heavy atom. The van der Waals surface area contributed by atoms with E-state index in [2.05, 4.69) is 52.1 Å². The predicted molar refractivity (Wildman–Crippen MR) is 105 cm³/mol. The molecule has 1 saturated heterocycles. The molecular formula is C23H36FN. The van der Waals surface area contributed by atoms with Crippen LogP contribution in [0.1, 0.15) is 103 Å². The predicted octanol–water partition coefficient (Wildman–Crippen LogP) is 6.53. The first kappa shape index (κ1) is 18.9. The molecule has 1 aromatic carbocycles. The Labute approximate surface area is 153 Å². The largest absolute Gasteiger partial charge is 0.307 e. The van der Waals surface area contributed by atoms with Gasteiger partial charge in [-0.05, 0) is 101 Å². The molecule has 0 aromatic heterocycles. The second kappa shape index (κ2) is 7.02. The van der Waals surface area contributed by atoms with Crippen molar-refractivity contribution in [2.45, 2.75) is 102 Å². The summed E-state index contributed by atoms with van der Waals surface area (Å²) < 4.78 is 15.0. The van der Waals surface area contributed by atoms with E-state index in [-0.39, 0.29) is 16.9 Å². The summed E-state index contributed by atoms with van der Waals surface area (Å²) >= 11 is 0. The van der Waals surface area contributed by atoms with E-state index in [4.69, 9.17) is 0 Å². The van der Waals surface area contributed by atoms with E-state index in [1.165, 1.54) is 37.7 Å². The van der Waals surface area contributed by atoms with Gasteiger partial charge in [-0.3, -0.25) is 0 Å². The average Bonchev–Trinajstić information content (AvgIpc) is 2.52. The van der Waals surface area contributed by atoms with E-state index in [0.717, 1.165) is 24.3 Å². The quantitative estimate of drug-likeness (QED) is 0.656. The first-order valence-corrected chi connectivity index (χ1v) is 10.3. The molecule has 140 valence electrons. The highest BCUT2D eigenvalue weighted by Crippen LogP contribution is 2.42. The third-order valence-electron chi connectivity index (χ3n) is 6.55. The molecular weight excluding hydrogens is 309 g/mol. The fourth-order valence-corrected chi connectivity index (χ4v) is 5.57. The molecule has 2 heteroatoms. The van der Waals surface area contributed by atoms with Crippen LogP contribution in [0, 0.1) is 11.7 Å². The lowest BCUT2D eigenvalue weighted by Crippen LogP contribution is -2.57. The lowest BCUT2D eigenvalue weighted by molar-refractivity contribution is 0.160. The number of rotatable bonds is 3. The molecule has 0 radical (unpaired) electrons. The summed E-state index contributed by atoms with van der Waals surface area (Å²) in [6.45, 7) is 11.2. The maximum absolute atomic E-state index is 15.0. The van der Waals surface area contributed by atoms with Crippen LogP contribution < -0.4 is 5.32 Å². The van der Waals surface area contributed by atoms with E-state index in [1.807, 2.05) is 6.07 Å². The Bertz CT molecular complexity index is 580. The normalized spacial score (nSPS) is 29.5. The highest BCUT2D eigenvalue weighted by molar-refractivity contribution is 5.31. The van der Waals surface area contributed by atoms with Crippen LogP contribution >= 0.6 is 0 Å². The van der Waals surface area contributed by atoms with Gasteiger partial charge in [-0.15, -0.1) is 0 Å². The van der Waals surface area contributed by atoms with E-state index < -0.39 is 0 Å². The van der Waals surface area contributed by atoms with Crippen molar-refractivity contribution in [1.29, 1.82) is 0 Å². The molecule has 2 aliphatic rings. The summed E-state index contributed by atoms with van der Waals surface area (Å²) in [5.41, 5.74) is 2.25. The Hall–Kier alpha value is -0.890. The molecule has 25 heavy (non-hydrogen) atoms. The Morgan fingerprint density at radius 1 is 0.960 bits per heavy atom. The van der Waals surface area contributed by atoms with Crippen LogP contribution in [0.4, 0.5) is 4.39 Å². The molecule has 1 N–H and O–H groups in total. The summed E-state index contributed by atoms with van der Waals surface area (Å²) in [5, 5.41) is 3.70. The molecule has 0 atom stereocenters. The van der Waals surface area contributed by atoms with Crippen LogP contribution in [0.2, 0.25) is 0 Å². The Morgan fingerprint density at radius 2 is 1.56 bits per heavy atom. The standard InChI is InChI=1S/C23H36FN/c1-6-16-7-9-17(10-8-16)18-11-12-20(21(24)13-18)19-14-22(2,3)25-23(4,5)15-19/h11-13,16-17,19,25H,6-10,14-15H2,1-5H3. The van der Waals surface area contributed by atoms with Gasteiger partial charge in [0.05, 0.1) is 0 Å². The van der Waals surface area contributed by atoms with E-state index in [1.54, 1.807) is 0 Å². The SMILES string of the molecule is CCC1CCC(c2ccc(C3CC(C)(C)NC(C)(C)C3)c(F)c2)CC1. The van der Waals surface area contributed by atoms with Gasteiger partial charge in [-0.2, -0.15) is 0 Å². The van der Waals surface area contributed by atoms with Crippen molar-refractivity contribution in [3.63, 3.8) is 0 Å². The summed E-state index contributed by atoms with van der Waals surface area (Å²) in [6.07, 6.45) is 8.35. The number of piperidine rings is 1. The van der Waals surface area contributed by atoms with Crippen LogP contribution in [0.25, 0.3) is 0 Å². The summed E-state index contributed by atoms with van der Waals surface area (Å²) in [5.74, 6) is 1.77. The maximum Gasteiger partial charge on any atom is 0.126 e. The second-order valence-electron chi connectivity index (χ2n) is 9.90. The summed E-state index contributed by atoms with van der Waals surface area (Å²) in [4.78, 5) is 0. The lowest BCUT2D eigenvalue weighted by atomic mass is 9.72. The molecule has 1 saturated carbocycles. The van der Waals surface area contributed by atoms with Crippen molar-refractivity contribution in [3.05, 3.63) is 35.1 Å². The van der Waals surface area contributed by atoms with Gasteiger partial charge in [0.1, 0.15) is 5.82 Å². The zero-order valence-corrected chi connectivity index (χ0v) is 16.8. The molecule has 1 nitrogen and oxygen atoms in total. The highest BCUT2D eigenvalue weighted by atomic mass is 19.1. The molecule has 1 heterocycles. The minimum atomic E-state index is 0.0219. The van der Waals surface area contributed by atoms with E-state index >= 15 is 4.39 Å². The maximum atomic E-state index is 15.0. The summed E-state index contributed by atoms with van der Waals surface area (Å²) in [6, 6.07) is 6.17. The first-order chi connectivity index (χ1) is 11.7. The van der Waals surface area contributed by atoms with Gasteiger partial charge in [0.25, 0.3) is 0 Å². The minimum Gasteiger partial charge on any atom is -0.307 e. The van der Waals surface area contributed by atoms with Crippen LogP contribution in [0.15, 0.2) is 18.2 Å². The molecule has 0 unspecified atom stereocenters. The first-order valence-electron chi connectivity index (χ1n) is 10.3.